The molecule has 4 aromatic rings. The maximum Gasteiger partial charge on any atom is 0.292 e. The van der Waals surface area contributed by atoms with E-state index in [0.717, 1.165) is 25.4 Å². The van der Waals surface area contributed by atoms with Gasteiger partial charge in [-0.3, -0.25) is 14.4 Å². The standard InChI is InChI=1S/C25H26N4O2/c30-25(23-12-11-21(31-23)18-28-14-4-1-5-15-28)26-24-13-16-29(27-24)17-20-9-6-8-19-7-2-3-10-22(19)20/h2-3,6-13,16H,1,4-5,14-15,17-18H2,(H,26,27,30). The van der Waals surface area contributed by atoms with Gasteiger partial charge in [0, 0.05) is 12.3 Å². The number of aromatic nitrogens is 2. The molecular weight excluding hydrogens is 388 g/mol. The summed E-state index contributed by atoms with van der Waals surface area (Å²) >= 11 is 0. The van der Waals surface area contributed by atoms with E-state index in [1.807, 2.05) is 29.1 Å². The normalized spacial score (nSPS) is 14.7. The van der Waals surface area contributed by atoms with Crippen LogP contribution in [0.25, 0.3) is 10.8 Å². The SMILES string of the molecule is O=C(Nc1ccn(Cc2cccc3ccccc23)n1)c1ccc(CN2CCCCC2)o1. The summed E-state index contributed by atoms with van der Waals surface area (Å²) in [6.45, 7) is 3.58. The molecule has 6 nitrogen and oxygen atoms in total. The van der Waals surface area contributed by atoms with Crippen molar-refractivity contribution in [3.05, 3.63) is 83.9 Å². The Morgan fingerprint density at radius 1 is 0.935 bits per heavy atom. The van der Waals surface area contributed by atoms with Crippen LogP contribution in [0.5, 0.6) is 0 Å². The predicted octanol–water partition coefficient (Wildman–Crippen LogP) is 4.92. The summed E-state index contributed by atoms with van der Waals surface area (Å²) in [5.41, 5.74) is 1.19. The number of benzene rings is 2. The number of hydrogen-bond donors (Lipinski definition) is 1. The molecular formula is C25H26N4O2. The van der Waals surface area contributed by atoms with Gasteiger partial charge in [-0.25, -0.2) is 0 Å². The Labute approximate surface area is 181 Å². The van der Waals surface area contributed by atoms with Crippen molar-refractivity contribution >= 4 is 22.5 Å². The second-order valence-corrected chi connectivity index (χ2v) is 8.09. The van der Waals surface area contributed by atoms with Gasteiger partial charge in [-0.15, -0.1) is 0 Å². The fourth-order valence-corrected chi connectivity index (χ4v) is 4.22. The third kappa shape index (κ3) is 4.54. The summed E-state index contributed by atoms with van der Waals surface area (Å²) in [6, 6.07) is 20.0. The molecule has 3 heterocycles. The molecule has 1 saturated heterocycles. The van der Waals surface area contributed by atoms with Crippen LogP contribution < -0.4 is 5.32 Å². The number of rotatable bonds is 6. The summed E-state index contributed by atoms with van der Waals surface area (Å²) in [5, 5.41) is 9.77. The summed E-state index contributed by atoms with van der Waals surface area (Å²) in [6.07, 6.45) is 5.64. The van der Waals surface area contributed by atoms with Crippen LogP contribution in [-0.2, 0) is 13.1 Å². The lowest BCUT2D eigenvalue weighted by Crippen LogP contribution is -2.28. The highest BCUT2D eigenvalue weighted by molar-refractivity contribution is 6.01. The minimum Gasteiger partial charge on any atom is -0.455 e. The van der Waals surface area contributed by atoms with Gasteiger partial charge in [0.15, 0.2) is 11.6 Å². The summed E-state index contributed by atoms with van der Waals surface area (Å²) in [5.74, 6) is 1.38. The average Bonchev–Trinajstić information content (AvgIpc) is 3.44. The largest absolute Gasteiger partial charge is 0.455 e. The van der Waals surface area contributed by atoms with Crippen molar-refractivity contribution in [1.29, 1.82) is 0 Å². The Kier molecular flexibility index (Phi) is 5.54. The minimum atomic E-state index is -0.277. The monoisotopic (exact) mass is 414 g/mol. The number of fused-ring (bicyclic) bond motifs is 1. The summed E-state index contributed by atoms with van der Waals surface area (Å²) in [4.78, 5) is 15.0. The third-order valence-corrected chi connectivity index (χ3v) is 5.81. The molecule has 0 radical (unpaired) electrons. The van der Waals surface area contributed by atoms with Crippen LogP contribution in [0, 0.1) is 0 Å². The molecule has 1 amide bonds. The molecule has 2 aromatic carbocycles. The number of carbonyl (C=O) groups is 1. The van der Waals surface area contributed by atoms with E-state index in [4.69, 9.17) is 4.42 Å². The molecule has 0 saturated carbocycles. The van der Waals surface area contributed by atoms with E-state index in [9.17, 15) is 4.79 Å². The van der Waals surface area contributed by atoms with Crippen LogP contribution in [0.3, 0.4) is 0 Å². The molecule has 5 rings (SSSR count). The molecule has 1 N–H and O–H groups in total. The maximum absolute atomic E-state index is 12.6. The highest BCUT2D eigenvalue weighted by Crippen LogP contribution is 2.20. The molecule has 31 heavy (non-hydrogen) atoms. The van der Waals surface area contributed by atoms with Crippen LogP contribution in [-0.4, -0.2) is 33.7 Å². The highest BCUT2D eigenvalue weighted by Gasteiger charge is 2.16. The van der Waals surface area contributed by atoms with Gasteiger partial charge in [0.2, 0.25) is 0 Å². The van der Waals surface area contributed by atoms with Crippen molar-refractivity contribution in [1.82, 2.24) is 14.7 Å². The predicted molar refractivity (Wildman–Crippen MR) is 121 cm³/mol. The summed E-state index contributed by atoms with van der Waals surface area (Å²) in [7, 11) is 0. The van der Waals surface area contributed by atoms with Crippen LogP contribution in [0.15, 0.2) is 71.3 Å². The number of nitrogens with one attached hydrogen (secondary N) is 1. The average molecular weight is 415 g/mol. The lowest BCUT2D eigenvalue weighted by molar-refractivity contribution is 0.0991. The molecule has 0 unspecified atom stereocenters. The van der Waals surface area contributed by atoms with Crippen molar-refractivity contribution in [2.24, 2.45) is 0 Å². The van der Waals surface area contributed by atoms with E-state index in [-0.39, 0.29) is 5.91 Å². The quantitative estimate of drug-likeness (QED) is 0.487. The van der Waals surface area contributed by atoms with E-state index in [1.54, 1.807) is 12.1 Å². The maximum atomic E-state index is 12.6. The number of hydrogen-bond acceptors (Lipinski definition) is 4. The third-order valence-electron chi connectivity index (χ3n) is 5.81. The molecule has 1 fully saturated rings. The van der Waals surface area contributed by atoms with Crippen molar-refractivity contribution in [3.63, 3.8) is 0 Å². The van der Waals surface area contributed by atoms with Gasteiger partial charge in [0.25, 0.3) is 5.91 Å². The molecule has 0 bridgehead atoms. The van der Waals surface area contributed by atoms with Gasteiger partial charge in [-0.2, -0.15) is 5.10 Å². The van der Waals surface area contributed by atoms with Crippen LogP contribution in [0.2, 0.25) is 0 Å². The molecule has 1 aliphatic heterocycles. The van der Waals surface area contributed by atoms with Crippen molar-refractivity contribution in [2.75, 3.05) is 18.4 Å². The fourth-order valence-electron chi connectivity index (χ4n) is 4.22. The van der Waals surface area contributed by atoms with Crippen molar-refractivity contribution < 1.29 is 9.21 Å². The number of amides is 1. The number of nitrogens with zero attached hydrogens (tertiary/aromatic N) is 3. The Hall–Kier alpha value is -3.38. The van der Waals surface area contributed by atoms with Gasteiger partial charge in [-0.05, 0) is 54.4 Å². The Morgan fingerprint density at radius 2 is 1.77 bits per heavy atom. The van der Waals surface area contributed by atoms with Gasteiger partial charge in [0.1, 0.15) is 5.76 Å². The number of piperidine rings is 1. The molecule has 0 spiro atoms. The zero-order valence-electron chi connectivity index (χ0n) is 17.5. The van der Waals surface area contributed by atoms with Crippen LogP contribution in [0.1, 0.15) is 41.1 Å². The number of carbonyl (C=O) groups excluding carboxylic acids is 1. The molecule has 6 heteroatoms. The van der Waals surface area contributed by atoms with E-state index < -0.39 is 0 Å². The van der Waals surface area contributed by atoms with E-state index in [0.29, 0.717) is 18.1 Å². The topological polar surface area (TPSA) is 63.3 Å². The van der Waals surface area contributed by atoms with E-state index in [1.165, 1.54) is 35.6 Å². The number of likely N-dealkylation sites (tertiary alicyclic amines) is 1. The first-order valence-electron chi connectivity index (χ1n) is 10.9. The molecule has 158 valence electrons. The molecule has 2 aromatic heterocycles. The Bertz CT molecular complexity index is 1180. The molecule has 0 aliphatic carbocycles. The molecule has 0 atom stereocenters. The molecule has 1 aliphatic rings. The highest BCUT2D eigenvalue weighted by atomic mass is 16.4. The number of furan rings is 1. The van der Waals surface area contributed by atoms with Crippen LogP contribution in [0.4, 0.5) is 5.82 Å². The van der Waals surface area contributed by atoms with E-state index in [2.05, 4.69) is 45.6 Å². The van der Waals surface area contributed by atoms with Crippen molar-refractivity contribution in [3.8, 4) is 0 Å². The first kappa shape index (κ1) is 19.6. The smallest absolute Gasteiger partial charge is 0.292 e. The second-order valence-electron chi connectivity index (χ2n) is 8.09. The van der Waals surface area contributed by atoms with E-state index >= 15 is 0 Å². The van der Waals surface area contributed by atoms with Gasteiger partial charge in [-0.1, -0.05) is 48.9 Å². The fraction of sp³-hybridized carbons (Fsp3) is 0.280. The zero-order valence-corrected chi connectivity index (χ0v) is 17.5. The Morgan fingerprint density at radius 3 is 2.68 bits per heavy atom. The van der Waals surface area contributed by atoms with Gasteiger partial charge in [0.05, 0.1) is 13.1 Å². The summed E-state index contributed by atoms with van der Waals surface area (Å²) < 4.78 is 7.62. The first-order chi connectivity index (χ1) is 15.2. The minimum absolute atomic E-state index is 0.277. The lowest BCUT2D eigenvalue weighted by atomic mass is 10.0. The van der Waals surface area contributed by atoms with Crippen molar-refractivity contribution in [2.45, 2.75) is 32.4 Å². The Balaban J connectivity index is 1.23. The second kappa shape index (κ2) is 8.78. The zero-order chi connectivity index (χ0) is 21.0. The number of anilines is 1. The van der Waals surface area contributed by atoms with Crippen LogP contribution >= 0.6 is 0 Å². The van der Waals surface area contributed by atoms with Gasteiger partial charge >= 0.3 is 0 Å². The first-order valence-corrected chi connectivity index (χ1v) is 10.9. The van der Waals surface area contributed by atoms with Gasteiger partial charge < -0.3 is 9.73 Å². The lowest BCUT2D eigenvalue weighted by Gasteiger charge is -2.25.